The van der Waals surface area contributed by atoms with E-state index in [1.807, 2.05) is 11.4 Å². The quantitative estimate of drug-likeness (QED) is 0.868. The monoisotopic (exact) mass is 231 g/mol. The third kappa shape index (κ3) is 2.28. The van der Waals surface area contributed by atoms with Crippen molar-refractivity contribution >= 4 is 22.9 Å². The van der Waals surface area contributed by atoms with Gasteiger partial charge >= 0.3 is 0 Å². The first kappa shape index (κ1) is 10.4. The van der Waals surface area contributed by atoms with Crippen molar-refractivity contribution in [3.63, 3.8) is 0 Å². The van der Waals surface area contributed by atoms with Crippen LogP contribution in [0.4, 0.5) is 0 Å². The molecular weight excluding hydrogens is 218 g/mol. The Bertz CT molecular complexity index is 296. The molecular formula is C10H14ClNOS. The lowest BCUT2D eigenvalue weighted by Crippen LogP contribution is -2.14. The minimum atomic E-state index is 0.0780. The molecule has 1 aromatic heterocycles. The van der Waals surface area contributed by atoms with Gasteiger partial charge in [-0.2, -0.15) is 0 Å². The molecule has 1 saturated heterocycles. The van der Waals surface area contributed by atoms with Gasteiger partial charge in [0.1, 0.15) is 0 Å². The Morgan fingerprint density at radius 3 is 3.14 bits per heavy atom. The summed E-state index contributed by atoms with van der Waals surface area (Å²) in [5.74, 6) is 0.614. The highest BCUT2D eigenvalue weighted by atomic mass is 35.5. The number of hydrogen-bond donors (Lipinski definition) is 1. The van der Waals surface area contributed by atoms with Crippen molar-refractivity contribution in [1.82, 2.24) is 0 Å². The molecule has 2 nitrogen and oxygen atoms in total. The minimum Gasteiger partial charge on any atom is -0.381 e. The molecule has 0 aliphatic carbocycles. The Balaban J connectivity index is 1.95. The van der Waals surface area contributed by atoms with E-state index < -0.39 is 0 Å². The van der Waals surface area contributed by atoms with Gasteiger partial charge in [0.05, 0.1) is 5.02 Å². The predicted molar refractivity (Wildman–Crippen MR) is 59.8 cm³/mol. The molecule has 4 heteroatoms. The zero-order valence-electron chi connectivity index (χ0n) is 7.91. The smallest absolute Gasteiger partial charge is 0.0561 e. The van der Waals surface area contributed by atoms with E-state index in [0.29, 0.717) is 5.92 Å². The van der Waals surface area contributed by atoms with Gasteiger partial charge in [-0.15, -0.1) is 11.3 Å². The molecule has 2 atom stereocenters. The zero-order chi connectivity index (χ0) is 9.97. The first-order chi connectivity index (χ1) is 6.77. The Hall–Kier alpha value is -0.0900. The predicted octanol–water partition coefficient (Wildman–Crippen LogP) is 2.83. The fourth-order valence-electron chi connectivity index (χ4n) is 1.81. The van der Waals surface area contributed by atoms with E-state index in [-0.39, 0.29) is 6.04 Å². The molecule has 2 unspecified atom stereocenters. The van der Waals surface area contributed by atoms with E-state index in [2.05, 4.69) is 0 Å². The summed E-state index contributed by atoms with van der Waals surface area (Å²) in [7, 11) is 0. The Morgan fingerprint density at radius 2 is 2.57 bits per heavy atom. The highest BCUT2D eigenvalue weighted by molar-refractivity contribution is 7.10. The number of ether oxygens (including phenoxy) is 1. The van der Waals surface area contributed by atoms with E-state index in [9.17, 15) is 0 Å². The van der Waals surface area contributed by atoms with Crippen molar-refractivity contribution in [2.75, 3.05) is 13.2 Å². The SMILES string of the molecule is NC(CC1CCOC1)c1sccc1Cl. The molecule has 1 aliphatic rings. The fourth-order valence-corrected chi connectivity index (χ4v) is 3.02. The summed E-state index contributed by atoms with van der Waals surface area (Å²) >= 11 is 7.66. The molecule has 0 radical (unpaired) electrons. The average molecular weight is 232 g/mol. The maximum Gasteiger partial charge on any atom is 0.0561 e. The van der Waals surface area contributed by atoms with Gasteiger partial charge in [-0.25, -0.2) is 0 Å². The summed E-state index contributed by atoms with van der Waals surface area (Å²) in [4.78, 5) is 1.11. The molecule has 0 saturated carbocycles. The largest absolute Gasteiger partial charge is 0.381 e. The summed E-state index contributed by atoms with van der Waals surface area (Å²) in [5.41, 5.74) is 6.09. The van der Waals surface area contributed by atoms with Crippen LogP contribution >= 0.6 is 22.9 Å². The van der Waals surface area contributed by atoms with Crippen molar-refractivity contribution in [1.29, 1.82) is 0 Å². The summed E-state index contributed by atoms with van der Waals surface area (Å²) in [6.07, 6.45) is 2.12. The van der Waals surface area contributed by atoms with E-state index in [1.54, 1.807) is 11.3 Å². The molecule has 78 valence electrons. The second kappa shape index (κ2) is 4.62. The molecule has 14 heavy (non-hydrogen) atoms. The van der Waals surface area contributed by atoms with Crippen LogP contribution in [-0.4, -0.2) is 13.2 Å². The molecule has 0 bridgehead atoms. The van der Waals surface area contributed by atoms with E-state index in [0.717, 1.165) is 36.0 Å². The van der Waals surface area contributed by atoms with Crippen LogP contribution < -0.4 is 5.73 Å². The third-order valence-corrected chi connectivity index (χ3v) is 4.08. The number of thiophene rings is 1. The number of nitrogens with two attached hydrogens (primary N) is 1. The Labute approximate surface area is 93.0 Å². The van der Waals surface area contributed by atoms with Crippen molar-refractivity contribution in [3.8, 4) is 0 Å². The molecule has 1 aromatic rings. The first-order valence-corrected chi connectivity index (χ1v) is 6.09. The number of rotatable bonds is 3. The van der Waals surface area contributed by atoms with Crippen LogP contribution in [0.1, 0.15) is 23.8 Å². The molecule has 2 rings (SSSR count). The van der Waals surface area contributed by atoms with Crippen molar-refractivity contribution < 1.29 is 4.74 Å². The van der Waals surface area contributed by atoms with Crippen LogP contribution in [0.15, 0.2) is 11.4 Å². The molecule has 1 fully saturated rings. The van der Waals surface area contributed by atoms with Gasteiger partial charge in [0, 0.05) is 24.1 Å². The van der Waals surface area contributed by atoms with Crippen LogP contribution in [0.25, 0.3) is 0 Å². The van der Waals surface area contributed by atoms with Gasteiger partial charge in [-0.3, -0.25) is 0 Å². The summed E-state index contributed by atoms with van der Waals surface area (Å²) in [6.45, 7) is 1.74. The molecule has 0 aromatic carbocycles. The van der Waals surface area contributed by atoms with Crippen LogP contribution in [0, 0.1) is 5.92 Å². The highest BCUT2D eigenvalue weighted by Gasteiger charge is 2.21. The van der Waals surface area contributed by atoms with Crippen molar-refractivity contribution in [3.05, 3.63) is 21.3 Å². The minimum absolute atomic E-state index is 0.0780. The standard InChI is InChI=1S/C10H14ClNOS/c11-8-2-4-14-10(8)9(12)5-7-1-3-13-6-7/h2,4,7,9H,1,3,5-6,12H2. The van der Waals surface area contributed by atoms with Crippen molar-refractivity contribution in [2.45, 2.75) is 18.9 Å². The second-order valence-electron chi connectivity index (χ2n) is 3.70. The number of halogens is 1. The van der Waals surface area contributed by atoms with Crippen molar-refractivity contribution in [2.24, 2.45) is 11.7 Å². The van der Waals surface area contributed by atoms with E-state index in [4.69, 9.17) is 22.1 Å². The van der Waals surface area contributed by atoms with Crippen LogP contribution in [0.2, 0.25) is 5.02 Å². The lowest BCUT2D eigenvalue weighted by Gasteiger charge is -2.14. The molecule has 0 spiro atoms. The zero-order valence-corrected chi connectivity index (χ0v) is 9.48. The maximum atomic E-state index is 6.09. The summed E-state index contributed by atoms with van der Waals surface area (Å²) < 4.78 is 5.32. The molecule has 0 amide bonds. The number of hydrogen-bond acceptors (Lipinski definition) is 3. The lowest BCUT2D eigenvalue weighted by atomic mass is 9.99. The van der Waals surface area contributed by atoms with Gasteiger partial charge in [0.2, 0.25) is 0 Å². The first-order valence-electron chi connectivity index (χ1n) is 4.83. The van der Waals surface area contributed by atoms with Gasteiger partial charge in [-0.1, -0.05) is 11.6 Å². The fraction of sp³-hybridized carbons (Fsp3) is 0.600. The highest BCUT2D eigenvalue weighted by Crippen LogP contribution is 2.32. The van der Waals surface area contributed by atoms with Gasteiger partial charge in [-0.05, 0) is 30.2 Å². The van der Waals surface area contributed by atoms with E-state index in [1.165, 1.54) is 0 Å². The van der Waals surface area contributed by atoms with Crippen LogP contribution in [-0.2, 0) is 4.74 Å². The lowest BCUT2D eigenvalue weighted by molar-refractivity contribution is 0.183. The topological polar surface area (TPSA) is 35.2 Å². The van der Waals surface area contributed by atoms with Gasteiger partial charge < -0.3 is 10.5 Å². The molecule has 2 N–H and O–H groups in total. The summed E-state index contributed by atoms with van der Waals surface area (Å²) in [5, 5.41) is 2.80. The normalized spacial score (nSPS) is 24.0. The van der Waals surface area contributed by atoms with Crippen LogP contribution in [0.5, 0.6) is 0 Å². The third-order valence-electron chi connectivity index (χ3n) is 2.59. The van der Waals surface area contributed by atoms with Gasteiger partial charge in [0.25, 0.3) is 0 Å². The Morgan fingerprint density at radius 1 is 1.71 bits per heavy atom. The molecule has 1 aliphatic heterocycles. The molecule has 2 heterocycles. The maximum absolute atomic E-state index is 6.09. The average Bonchev–Trinajstić information content (AvgIpc) is 2.75. The second-order valence-corrected chi connectivity index (χ2v) is 5.06. The van der Waals surface area contributed by atoms with E-state index >= 15 is 0 Å². The van der Waals surface area contributed by atoms with Gasteiger partial charge in [0.15, 0.2) is 0 Å². The van der Waals surface area contributed by atoms with Crippen LogP contribution in [0.3, 0.4) is 0 Å². The summed E-state index contributed by atoms with van der Waals surface area (Å²) in [6, 6.07) is 1.99. The Kier molecular flexibility index (Phi) is 3.44.